The van der Waals surface area contributed by atoms with E-state index in [2.05, 4.69) is 18.8 Å². The summed E-state index contributed by atoms with van der Waals surface area (Å²) in [7, 11) is 1.47. The summed E-state index contributed by atoms with van der Waals surface area (Å²) in [6.45, 7) is 5.64. The van der Waals surface area contributed by atoms with E-state index < -0.39 is 12.0 Å². The Morgan fingerprint density at radius 3 is 2.56 bits per heavy atom. The Morgan fingerprint density at radius 1 is 1.44 bits per heavy atom. The predicted molar refractivity (Wildman–Crippen MR) is 69.8 cm³/mol. The highest BCUT2D eigenvalue weighted by molar-refractivity contribution is 7.09. The predicted octanol–water partition coefficient (Wildman–Crippen LogP) is 1.89. The number of hydrogen-bond acceptors (Lipinski definition) is 4. The zero-order chi connectivity index (χ0) is 13.9. The smallest absolute Gasteiger partial charge is 0.326 e. The van der Waals surface area contributed by atoms with Crippen molar-refractivity contribution in [2.45, 2.75) is 33.2 Å². The summed E-state index contributed by atoms with van der Waals surface area (Å²) in [5.74, 6) is -0.894. The van der Waals surface area contributed by atoms with Crippen LogP contribution in [0.25, 0.3) is 0 Å². The highest BCUT2D eigenvalue weighted by Crippen LogP contribution is 2.16. The number of carboxylic acid groups (broad SMARTS) is 1. The number of amides is 1. The maximum atomic E-state index is 12.0. The molecule has 0 bridgehead atoms. The van der Waals surface area contributed by atoms with Gasteiger partial charge in [-0.15, -0.1) is 11.3 Å². The maximum absolute atomic E-state index is 12.0. The number of carbonyl (C=O) groups excluding carboxylic acids is 1. The second-order valence-corrected chi connectivity index (χ2v) is 5.60. The van der Waals surface area contributed by atoms with Crippen molar-refractivity contribution < 1.29 is 14.7 Å². The molecule has 0 aromatic carbocycles. The Morgan fingerprint density at radius 2 is 2.06 bits per heavy atom. The minimum atomic E-state index is -1.02. The molecule has 0 spiro atoms. The van der Waals surface area contributed by atoms with Gasteiger partial charge in [-0.2, -0.15) is 0 Å². The van der Waals surface area contributed by atoms with Crippen LogP contribution in [0.1, 0.15) is 36.3 Å². The highest BCUT2D eigenvalue weighted by Gasteiger charge is 2.24. The molecule has 100 valence electrons. The molecular weight excluding hydrogens is 252 g/mol. The summed E-state index contributed by atoms with van der Waals surface area (Å²) in [6, 6.07) is -0.854. The largest absolute Gasteiger partial charge is 0.480 e. The quantitative estimate of drug-likeness (QED) is 0.887. The summed E-state index contributed by atoms with van der Waals surface area (Å²) in [5.41, 5.74) is 0.325. The van der Waals surface area contributed by atoms with Crippen LogP contribution in [0.4, 0.5) is 0 Å². The number of aliphatic carboxylic acids is 1. The van der Waals surface area contributed by atoms with Gasteiger partial charge in [0.05, 0.1) is 5.01 Å². The normalized spacial score (nSPS) is 12.5. The number of hydrogen-bond donors (Lipinski definition) is 1. The van der Waals surface area contributed by atoms with Crippen LogP contribution in [0.2, 0.25) is 0 Å². The van der Waals surface area contributed by atoms with Crippen LogP contribution in [0.3, 0.4) is 0 Å². The van der Waals surface area contributed by atoms with Crippen molar-refractivity contribution in [1.82, 2.24) is 9.88 Å². The Kier molecular flexibility index (Phi) is 4.84. The van der Waals surface area contributed by atoms with Crippen LogP contribution >= 0.6 is 11.3 Å². The van der Waals surface area contributed by atoms with Gasteiger partial charge in [0.1, 0.15) is 11.7 Å². The van der Waals surface area contributed by atoms with Crippen molar-refractivity contribution in [2.24, 2.45) is 5.92 Å². The summed E-state index contributed by atoms with van der Waals surface area (Å²) in [4.78, 5) is 28.3. The van der Waals surface area contributed by atoms with Gasteiger partial charge in [-0.1, -0.05) is 13.8 Å². The summed E-state index contributed by atoms with van der Waals surface area (Å²) < 4.78 is 0. The topological polar surface area (TPSA) is 70.5 Å². The zero-order valence-corrected chi connectivity index (χ0v) is 11.8. The maximum Gasteiger partial charge on any atom is 0.326 e. The molecule has 0 saturated heterocycles. The number of likely N-dealkylation sites (N-methyl/N-ethyl adjacent to an activating group) is 1. The molecule has 1 amide bonds. The molecule has 1 heterocycles. The van der Waals surface area contributed by atoms with Gasteiger partial charge < -0.3 is 10.0 Å². The van der Waals surface area contributed by atoms with E-state index in [1.165, 1.54) is 30.2 Å². The minimum absolute atomic E-state index is 0.325. The fraction of sp³-hybridized carbons (Fsp3) is 0.583. The summed E-state index contributed by atoms with van der Waals surface area (Å²) >= 11 is 1.44. The lowest BCUT2D eigenvalue weighted by molar-refractivity contribution is -0.141. The molecule has 1 atom stereocenters. The standard InChI is InChI=1S/C12H18N2O3S/c1-7(2)5-10-13-9(6-18-10)11(15)14(4)8(3)12(16)17/h6-8H,5H2,1-4H3,(H,16,17). The first-order valence-corrected chi connectivity index (χ1v) is 6.65. The van der Waals surface area contributed by atoms with Crippen LogP contribution in [0.5, 0.6) is 0 Å². The van der Waals surface area contributed by atoms with Gasteiger partial charge in [-0.3, -0.25) is 4.79 Å². The molecule has 0 radical (unpaired) electrons. The third-order valence-electron chi connectivity index (χ3n) is 2.61. The average molecular weight is 270 g/mol. The van der Waals surface area contributed by atoms with Crippen LogP contribution < -0.4 is 0 Å². The Labute approximate surface area is 110 Å². The Hall–Kier alpha value is -1.43. The van der Waals surface area contributed by atoms with E-state index in [9.17, 15) is 9.59 Å². The van der Waals surface area contributed by atoms with Crippen molar-refractivity contribution in [3.05, 3.63) is 16.1 Å². The third kappa shape index (κ3) is 3.53. The van der Waals surface area contributed by atoms with E-state index in [0.717, 1.165) is 11.4 Å². The number of nitrogens with zero attached hydrogens (tertiary/aromatic N) is 2. The lowest BCUT2D eigenvalue weighted by Gasteiger charge is -2.20. The van der Waals surface area contributed by atoms with Gasteiger partial charge in [0.2, 0.25) is 0 Å². The molecule has 5 nitrogen and oxygen atoms in total. The number of aromatic nitrogens is 1. The van der Waals surface area contributed by atoms with Gasteiger partial charge in [0, 0.05) is 18.8 Å². The molecule has 0 aliphatic rings. The van der Waals surface area contributed by atoms with E-state index in [-0.39, 0.29) is 5.91 Å². The fourth-order valence-corrected chi connectivity index (χ4v) is 2.36. The summed E-state index contributed by atoms with van der Waals surface area (Å²) in [6.07, 6.45) is 0.830. The van der Waals surface area contributed by atoms with Gasteiger partial charge in [0.15, 0.2) is 0 Å². The average Bonchev–Trinajstić information content (AvgIpc) is 2.73. The Bertz CT molecular complexity index is 442. The van der Waals surface area contributed by atoms with Gasteiger partial charge in [-0.05, 0) is 12.8 Å². The van der Waals surface area contributed by atoms with Crippen LogP contribution in [-0.2, 0) is 11.2 Å². The third-order valence-corrected chi connectivity index (χ3v) is 3.48. The highest BCUT2D eigenvalue weighted by atomic mass is 32.1. The molecule has 1 rings (SSSR count). The zero-order valence-electron chi connectivity index (χ0n) is 11.0. The number of rotatable bonds is 5. The van der Waals surface area contributed by atoms with E-state index in [4.69, 9.17) is 5.11 Å². The van der Waals surface area contributed by atoms with E-state index >= 15 is 0 Å². The van der Waals surface area contributed by atoms with Crippen LogP contribution in [0, 0.1) is 5.92 Å². The number of carboxylic acids is 1. The molecule has 18 heavy (non-hydrogen) atoms. The fourth-order valence-electron chi connectivity index (χ4n) is 1.37. The first-order chi connectivity index (χ1) is 8.32. The second-order valence-electron chi connectivity index (χ2n) is 4.65. The van der Waals surface area contributed by atoms with E-state index in [0.29, 0.717) is 11.6 Å². The Balaban J connectivity index is 2.78. The van der Waals surface area contributed by atoms with Crippen LogP contribution in [0.15, 0.2) is 5.38 Å². The van der Waals surface area contributed by atoms with Crippen molar-refractivity contribution >= 4 is 23.2 Å². The second kappa shape index (κ2) is 5.95. The molecule has 1 N–H and O–H groups in total. The molecule has 0 fully saturated rings. The van der Waals surface area contributed by atoms with Crippen molar-refractivity contribution in [3.63, 3.8) is 0 Å². The number of carbonyl (C=O) groups is 2. The molecule has 1 unspecified atom stereocenters. The lowest BCUT2D eigenvalue weighted by Crippen LogP contribution is -2.40. The molecular formula is C12H18N2O3S. The summed E-state index contributed by atoms with van der Waals surface area (Å²) in [5, 5.41) is 11.5. The van der Waals surface area contributed by atoms with Gasteiger partial charge in [-0.25, -0.2) is 9.78 Å². The van der Waals surface area contributed by atoms with Crippen molar-refractivity contribution in [3.8, 4) is 0 Å². The molecule has 1 aromatic rings. The monoisotopic (exact) mass is 270 g/mol. The SMILES string of the molecule is CC(C)Cc1nc(C(=O)N(C)C(C)C(=O)O)cs1. The van der Waals surface area contributed by atoms with Crippen molar-refractivity contribution in [2.75, 3.05) is 7.05 Å². The molecule has 0 aliphatic carbocycles. The van der Waals surface area contributed by atoms with Gasteiger partial charge >= 0.3 is 5.97 Å². The first-order valence-electron chi connectivity index (χ1n) is 5.77. The van der Waals surface area contributed by atoms with E-state index in [1.54, 1.807) is 5.38 Å². The van der Waals surface area contributed by atoms with Crippen LogP contribution in [-0.4, -0.2) is 40.0 Å². The molecule has 6 heteroatoms. The first kappa shape index (κ1) is 14.6. The van der Waals surface area contributed by atoms with Crippen molar-refractivity contribution in [1.29, 1.82) is 0 Å². The molecule has 0 aliphatic heterocycles. The van der Waals surface area contributed by atoms with Gasteiger partial charge in [0.25, 0.3) is 5.91 Å². The van der Waals surface area contributed by atoms with E-state index in [1.807, 2.05) is 0 Å². The minimum Gasteiger partial charge on any atom is -0.480 e. The molecule has 1 aromatic heterocycles. The number of thiazole rings is 1. The molecule has 0 saturated carbocycles. The lowest BCUT2D eigenvalue weighted by atomic mass is 10.1.